The van der Waals surface area contributed by atoms with Gasteiger partial charge < -0.3 is 15.4 Å². The summed E-state index contributed by atoms with van der Waals surface area (Å²) in [7, 11) is 0. The van der Waals surface area contributed by atoms with Crippen LogP contribution in [0.2, 0.25) is 0 Å². The van der Waals surface area contributed by atoms with Crippen molar-refractivity contribution in [2.75, 3.05) is 17.2 Å². The molecule has 0 atom stereocenters. The molecule has 3 rings (SSSR count). The molecule has 3 aromatic rings. The number of hydrogen-bond donors (Lipinski definition) is 2. The van der Waals surface area contributed by atoms with Crippen molar-refractivity contribution in [2.24, 2.45) is 0 Å². The highest BCUT2D eigenvalue weighted by atomic mass is 79.9. The van der Waals surface area contributed by atoms with Gasteiger partial charge in [-0.2, -0.15) is 5.26 Å². The maximum atomic E-state index is 12.8. The standard InChI is InChI=1S/C27H23Br2N3O3/c1-16-8-9-22(10-18(16)3)31-25(33)15-35-26-19(12-21(28)13-23(26)29)11-20(14-30)27(34)32-24-7-5-4-6-17(24)2/h4-13H,15H2,1-3H3,(H,31,33)(H,32,34)/b20-11-. The summed E-state index contributed by atoms with van der Waals surface area (Å²) < 4.78 is 7.08. The summed E-state index contributed by atoms with van der Waals surface area (Å²) in [5.74, 6) is -0.549. The predicted octanol–water partition coefficient (Wildman–Crippen LogP) is 6.70. The molecule has 2 amide bonds. The molecule has 6 nitrogen and oxygen atoms in total. The second-order valence-corrected chi connectivity index (χ2v) is 9.65. The lowest BCUT2D eigenvalue weighted by atomic mass is 10.1. The van der Waals surface area contributed by atoms with E-state index in [1.54, 1.807) is 24.3 Å². The minimum Gasteiger partial charge on any atom is -0.482 e. The first-order valence-electron chi connectivity index (χ1n) is 10.7. The fourth-order valence-corrected chi connectivity index (χ4v) is 4.57. The third-order valence-corrected chi connectivity index (χ3v) is 6.28. The van der Waals surface area contributed by atoms with Gasteiger partial charge >= 0.3 is 0 Å². The van der Waals surface area contributed by atoms with Crippen LogP contribution in [-0.4, -0.2) is 18.4 Å². The molecule has 35 heavy (non-hydrogen) atoms. The predicted molar refractivity (Wildman–Crippen MR) is 145 cm³/mol. The fraction of sp³-hybridized carbons (Fsp3) is 0.148. The monoisotopic (exact) mass is 595 g/mol. The summed E-state index contributed by atoms with van der Waals surface area (Å²) in [6.07, 6.45) is 1.43. The molecule has 0 saturated carbocycles. The number of aryl methyl sites for hydroxylation is 3. The minimum absolute atomic E-state index is 0.109. The molecule has 0 fully saturated rings. The number of nitrogens with one attached hydrogen (secondary N) is 2. The van der Waals surface area contributed by atoms with E-state index in [1.807, 2.05) is 57.2 Å². The Bertz CT molecular complexity index is 1360. The number of para-hydroxylation sites is 1. The Morgan fingerprint density at radius 3 is 2.40 bits per heavy atom. The Labute approximate surface area is 221 Å². The lowest BCUT2D eigenvalue weighted by Gasteiger charge is -2.13. The average molecular weight is 597 g/mol. The summed E-state index contributed by atoms with van der Waals surface area (Å²) in [5, 5.41) is 15.2. The molecule has 0 aromatic heterocycles. The van der Waals surface area contributed by atoms with Crippen molar-refractivity contribution in [3.05, 3.63) is 91.4 Å². The number of nitrogens with zero attached hydrogens (tertiary/aromatic N) is 1. The number of ether oxygens (including phenoxy) is 1. The van der Waals surface area contributed by atoms with Crippen LogP contribution in [0.5, 0.6) is 5.75 Å². The highest BCUT2D eigenvalue weighted by Crippen LogP contribution is 2.34. The van der Waals surface area contributed by atoms with Gasteiger partial charge in [0, 0.05) is 21.4 Å². The molecular weight excluding hydrogens is 574 g/mol. The summed E-state index contributed by atoms with van der Waals surface area (Å²) in [4.78, 5) is 25.3. The summed E-state index contributed by atoms with van der Waals surface area (Å²) in [5.41, 5.74) is 4.73. The first-order valence-corrected chi connectivity index (χ1v) is 12.2. The van der Waals surface area contributed by atoms with Crippen molar-refractivity contribution in [2.45, 2.75) is 20.8 Å². The largest absolute Gasteiger partial charge is 0.482 e. The lowest BCUT2D eigenvalue weighted by Crippen LogP contribution is -2.20. The van der Waals surface area contributed by atoms with E-state index in [0.717, 1.165) is 16.7 Å². The van der Waals surface area contributed by atoms with Crippen molar-refractivity contribution < 1.29 is 14.3 Å². The number of carbonyl (C=O) groups is 2. The maximum Gasteiger partial charge on any atom is 0.266 e. The smallest absolute Gasteiger partial charge is 0.266 e. The molecule has 0 aliphatic carbocycles. The summed E-state index contributed by atoms with van der Waals surface area (Å²) in [6.45, 7) is 5.58. The molecule has 2 N–H and O–H groups in total. The van der Waals surface area contributed by atoms with E-state index in [2.05, 4.69) is 42.5 Å². The van der Waals surface area contributed by atoms with Crippen LogP contribution in [0.3, 0.4) is 0 Å². The number of nitriles is 1. The Morgan fingerprint density at radius 2 is 1.71 bits per heavy atom. The zero-order valence-corrected chi connectivity index (χ0v) is 22.6. The van der Waals surface area contributed by atoms with Crippen molar-refractivity contribution in [3.8, 4) is 11.8 Å². The van der Waals surface area contributed by atoms with Crippen LogP contribution in [-0.2, 0) is 9.59 Å². The van der Waals surface area contributed by atoms with Crippen molar-refractivity contribution >= 4 is 61.1 Å². The van der Waals surface area contributed by atoms with Crippen molar-refractivity contribution in [1.82, 2.24) is 0 Å². The van der Waals surface area contributed by atoms with Crippen molar-refractivity contribution in [1.29, 1.82) is 5.26 Å². The van der Waals surface area contributed by atoms with Crippen molar-refractivity contribution in [3.63, 3.8) is 0 Å². The van der Waals surface area contributed by atoms with E-state index in [4.69, 9.17) is 4.74 Å². The van der Waals surface area contributed by atoms with Gasteiger partial charge in [0.25, 0.3) is 11.8 Å². The average Bonchev–Trinajstić information content (AvgIpc) is 2.80. The molecule has 0 bridgehead atoms. The van der Waals surface area contributed by atoms with Gasteiger partial charge in [-0.3, -0.25) is 9.59 Å². The molecule has 0 saturated heterocycles. The van der Waals surface area contributed by atoms with E-state index >= 15 is 0 Å². The lowest BCUT2D eigenvalue weighted by molar-refractivity contribution is -0.118. The zero-order valence-electron chi connectivity index (χ0n) is 19.4. The van der Waals surface area contributed by atoms with Gasteiger partial charge in [-0.25, -0.2) is 0 Å². The third kappa shape index (κ3) is 7.04. The number of carbonyl (C=O) groups excluding carboxylic acids is 2. The Morgan fingerprint density at radius 1 is 0.971 bits per heavy atom. The van der Waals surface area contributed by atoms with Crippen LogP contribution in [0, 0.1) is 32.1 Å². The molecule has 0 spiro atoms. The van der Waals surface area contributed by atoms with Crippen LogP contribution >= 0.6 is 31.9 Å². The highest BCUT2D eigenvalue weighted by Gasteiger charge is 2.16. The maximum absolute atomic E-state index is 12.8. The van der Waals surface area contributed by atoms with Crippen LogP contribution in [0.25, 0.3) is 6.08 Å². The number of anilines is 2. The van der Waals surface area contributed by atoms with Gasteiger partial charge in [-0.05, 0) is 89.8 Å². The van der Waals surface area contributed by atoms with E-state index in [-0.39, 0.29) is 18.1 Å². The SMILES string of the molecule is Cc1ccc(NC(=O)COc2c(Br)cc(Br)cc2/C=C(/C#N)C(=O)Nc2ccccc2C)cc1C. The molecular formula is C27H23Br2N3O3. The number of benzene rings is 3. The van der Waals surface area contributed by atoms with E-state index in [0.29, 0.717) is 31.6 Å². The fourth-order valence-electron chi connectivity index (χ4n) is 3.20. The van der Waals surface area contributed by atoms with Crippen LogP contribution < -0.4 is 15.4 Å². The molecule has 3 aromatic carbocycles. The Kier molecular flexibility index (Phi) is 8.85. The minimum atomic E-state index is -0.545. The topological polar surface area (TPSA) is 91.2 Å². The molecule has 0 radical (unpaired) electrons. The second-order valence-electron chi connectivity index (χ2n) is 7.88. The van der Waals surface area contributed by atoms with Gasteiger partial charge in [0.05, 0.1) is 4.47 Å². The number of halogens is 2. The molecule has 0 aliphatic heterocycles. The number of hydrogen-bond acceptors (Lipinski definition) is 4. The van der Waals surface area contributed by atoms with E-state index in [1.165, 1.54) is 6.08 Å². The second kappa shape index (κ2) is 11.8. The Balaban J connectivity index is 1.81. The van der Waals surface area contributed by atoms with Crippen LogP contribution in [0.15, 0.2) is 69.1 Å². The quantitative estimate of drug-likeness (QED) is 0.234. The molecule has 8 heteroatoms. The van der Waals surface area contributed by atoms with Gasteiger partial charge in [-0.15, -0.1) is 0 Å². The Hall–Kier alpha value is -3.41. The number of amides is 2. The van der Waals surface area contributed by atoms with Gasteiger partial charge in [0.15, 0.2) is 6.61 Å². The van der Waals surface area contributed by atoms with Gasteiger partial charge in [0.1, 0.15) is 17.4 Å². The molecule has 0 heterocycles. The normalized spacial score (nSPS) is 10.9. The zero-order chi connectivity index (χ0) is 25.5. The van der Waals surface area contributed by atoms with Gasteiger partial charge in [-0.1, -0.05) is 40.2 Å². The summed E-state index contributed by atoms with van der Waals surface area (Å²) >= 11 is 6.86. The van der Waals surface area contributed by atoms with Crippen LogP contribution in [0.4, 0.5) is 11.4 Å². The first kappa shape index (κ1) is 26.2. The third-order valence-electron chi connectivity index (χ3n) is 5.23. The van der Waals surface area contributed by atoms with Crippen LogP contribution in [0.1, 0.15) is 22.3 Å². The highest BCUT2D eigenvalue weighted by molar-refractivity contribution is 9.11. The molecule has 0 unspecified atom stereocenters. The van der Waals surface area contributed by atoms with E-state index < -0.39 is 5.91 Å². The molecule has 0 aliphatic rings. The first-order chi connectivity index (χ1) is 16.7. The van der Waals surface area contributed by atoms with Gasteiger partial charge in [0.2, 0.25) is 0 Å². The molecule has 178 valence electrons. The number of rotatable bonds is 7. The summed E-state index contributed by atoms with van der Waals surface area (Å²) in [6, 6.07) is 18.4. The van der Waals surface area contributed by atoms with E-state index in [9.17, 15) is 14.9 Å².